The second-order valence-electron chi connectivity index (χ2n) is 12.4. The Morgan fingerprint density at radius 2 is 1.42 bits per heavy atom. The van der Waals surface area contributed by atoms with Crippen molar-refractivity contribution < 1.29 is 49.3 Å². The summed E-state index contributed by atoms with van der Waals surface area (Å²) in [5.41, 5.74) is -3.24. The quantitative estimate of drug-likeness (QED) is 0.328. The minimum atomic E-state index is -1.73. The first-order chi connectivity index (χ1) is 17.3. The molecule has 0 spiro atoms. The lowest BCUT2D eigenvalue weighted by molar-refractivity contribution is -0.295. The molecule has 2 aliphatic heterocycles. The van der Waals surface area contributed by atoms with E-state index in [9.17, 15) is 35.1 Å². The minimum Gasteiger partial charge on any atom is -0.462 e. The summed E-state index contributed by atoms with van der Waals surface area (Å²) in [4.78, 5) is 26.5. The first kappa shape index (κ1) is 33.1. The molecule has 2 aliphatic rings. The van der Waals surface area contributed by atoms with Crippen molar-refractivity contribution in [1.82, 2.24) is 0 Å². The van der Waals surface area contributed by atoms with Crippen molar-refractivity contribution in [3.05, 3.63) is 0 Å². The zero-order valence-corrected chi connectivity index (χ0v) is 24.3. The van der Waals surface area contributed by atoms with Crippen LogP contribution in [0.15, 0.2) is 0 Å². The predicted molar refractivity (Wildman–Crippen MR) is 139 cm³/mol. The maximum atomic E-state index is 13.4. The van der Waals surface area contributed by atoms with Gasteiger partial charge in [0.25, 0.3) is 0 Å². The fraction of sp³-hybridized carbons (Fsp3) is 0.929. The van der Waals surface area contributed by atoms with Crippen molar-refractivity contribution in [3.8, 4) is 0 Å². The molecule has 0 saturated carbocycles. The molecule has 0 aromatic carbocycles. The summed E-state index contributed by atoms with van der Waals surface area (Å²) in [6, 6.07) is 0. The Morgan fingerprint density at radius 3 is 1.95 bits per heavy atom. The lowest BCUT2D eigenvalue weighted by Gasteiger charge is -2.45. The van der Waals surface area contributed by atoms with Crippen molar-refractivity contribution in [2.45, 2.75) is 136 Å². The second kappa shape index (κ2) is 12.6. The number of Topliss-reactive ketones (excluding diaryl/α,β-unsaturated/α-hetero) is 1. The van der Waals surface area contributed by atoms with Gasteiger partial charge in [-0.1, -0.05) is 34.6 Å². The third kappa shape index (κ3) is 7.13. The van der Waals surface area contributed by atoms with Crippen molar-refractivity contribution >= 4 is 11.8 Å². The molecular formula is C28H50O10. The van der Waals surface area contributed by atoms with E-state index in [1.165, 1.54) is 13.8 Å². The van der Waals surface area contributed by atoms with Gasteiger partial charge < -0.3 is 39.7 Å². The number of carbonyl (C=O) groups is 2. The van der Waals surface area contributed by atoms with Gasteiger partial charge in [0, 0.05) is 30.1 Å². The summed E-state index contributed by atoms with van der Waals surface area (Å²) in [7, 11) is 0. The molecule has 10 nitrogen and oxygen atoms in total. The van der Waals surface area contributed by atoms with Gasteiger partial charge in [0.05, 0.1) is 41.5 Å². The number of aliphatic hydroxyl groups excluding tert-OH is 3. The number of ketones is 1. The Balaban J connectivity index is 2.49. The number of esters is 1. The summed E-state index contributed by atoms with van der Waals surface area (Å²) in [5.74, 6) is -4.59. The standard InChI is InChI=1S/C28H50O10/c1-10-19-14(3)22(30)15(4)21(29)13(2)11-27(8,34)24(31)16(5)23(17(6)26(33)37-19)38-20-12-28(9,35)25(32)18(7)36-20/h13-20,22-25,30-32,34-35H,10-12H2,1-9H3/t13-,14-,15-,16-,17+,18-,19+,20+,22-,23-,24+,25-,27+,28-/m0/s1. The van der Waals surface area contributed by atoms with Gasteiger partial charge in [0.1, 0.15) is 18.0 Å². The number of hydrogen-bond acceptors (Lipinski definition) is 10. The third-order valence-corrected chi connectivity index (χ3v) is 8.82. The molecule has 0 aliphatic carbocycles. The Hall–Kier alpha value is -1.14. The highest BCUT2D eigenvalue weighted by Gasteiger charge is 2.49. The normalized spacial score (nSPS) is 50.3. The molecule has 0 aromatic rings. The number of ether oxygens (including phenoxy) is 3. The molecule has 222 valence electrons. The molecule has 10 heteroatoms. The maximum absolute atomic E-state index is 13.4. The molecule has 0 unspecified atom stereocenters. The molecule has 0 radical (unpaired) electrons. The summed E-state index contributed by atoms with van der Waals surface area (Å²) < 4.78 is 17.8. The van der Waals surface area contributed by atoms with Crippen LogP contribution in [0.25, 0.3) is 0 Å². The molecule has 2 rings (SSSR count). The van der Waals surface area contributed by atoms with E-state index >= 15 is 0 Å². The van der Waals surface area contributed by atoms with Crippen LogP contribution >= 0.6 is 0 Å². The summed E-state index contributed by atoms with van der Waals surface area (Å²) in [5, 5.41) is 54.5. The summed E-state index contributed by atoms with van der Waals surface area (Å²) in [6.07, 6.45) is -6.81. The Bertz CT molecular complexity index is 813. The third-order valence-electron chi connectivity index (χ3n) is 8.82. The van der Waals surface area contributed by atoms with Crippen LogP contribution < -0.4 is 0 Å². The average molecular weight is 547 g/mol. The van der Waals surface area contributed by atoms with E-state index in [0.29, 0.717) is 6.42 Å². The van der Waals surface area contributed by atoms with E-state index in [1.807, 2.05) is 6.92 Å². The van der Waals surface area contributed by atoms with Crippen LogP contribution in [0, 0.1) is 29.6 Å². The molecule has 2 fully saturated rings. The first-order valence-corrected chi connectivity index (χ1v) is 13.9. The van der Waals surface area contributed by atoms with Crippen molar-refractivity contribution in [2.24, 2.45) is 29.6 Å². The highest BCUT2D eigenvalue weighted by atomic mass is 16.7. The van der Waals surface area contributed by atoms with Gasteiger partial charge >= 0.3 is 5.97 Å². The van der Waals surface area contributed by atoms with Gasteiger partial charge in [0.15, 0.2) is 6.29 Å². The van der Waals surface area contributed by atoms with Crippen molar-refractivity contribution in [2.75, 3.05) is 0 Å². The van der Waals surface area contributed by atoms with Crippen molar-refractivity contribution in [1.29, 1.82) is 0 Å². The monoisotopic (exact) mass is 546 g/mol. The van der Waals surface area contributed by atoms with Crippen LogP contribution in [0.3, 0.4) is 0 Å². The van der Waals surface area contributed by atoms with E-state index in [-0.39, 0.29) is 18.6 Å². The zero-order chi connectivity index (χ0) is 29.3. The largest absolute Gasteiger partial charge is 0.462 e. The average Bonchev–Trinajstić information content (AvgIpc) is 2.84. The Labute approximate surface area is 226 Å². The first-order valence-electron chi connectivity index (χ1n) is 13.9. The van der Waals surface area contributed by atoms with Crippen LogP contribution in [0.2, 0.25) is 0 Å². The van der Waals surface area contributed by atoms with Gasteiger partial charge in [0.2, 0.25) is 0 Å². The molecule has 2 saturated heterocycles. The lowest BCUT2D eigenvalue weighted by atomic mass is 9.75. The molecule has 5 N–H and O–H groups in total. The fourth-order valence-electron chi connectivity index (χ4n) is 6.11. The van der Waals surface area contributed by atoms with Crippen LogP contribution in [-0.4, -0.2) is 91.4 Å². The molecule has 2 heterocycles. The van der Waals surface area contributed by atoms with E-state index < -0.39 is 89.7 Å². The number of hydrogen-bond donors (Lipinski definition) is 5. The van der Waals surface area contributed by atoms with Crippen LogP contribution in [0.5, 0.6) is 0 Å². The topological polar surface area (TPSA) is 163 Å². The van der Waals surface area contributed by atoms with Gasteiger partial charge in [-0.2, -0.15) is 0 Å². The van der Waals surface area contributed by atoms with E-state index in [0.717, 1.165) is 0 Å². The van der Waals surface area contributed by atoms with Crippen LogP contribution in [0.1, 0.15) is 81.6 Å². The molecule has 0 aromatic heterocycles. The van der Waals surface area contributed by atoms with Gasteiger partial charge in [-0.15, -0.1) is 0 Å². The fourth-order valence-corrected chi connectivity index (χ4v) is 6.11. The van der Waals surface area contributed by atoms with Crippen LogP contribution in [0.4, 0.5) is 0 Å². The molecule has 0 bridgehead atoms. The highest BCUT2D eigenvalue weighted by molar-refractivity contribution is 5.83. The lowest BCUT2D eigenvalue weighted by Crippen LogP contribution is -2.57. The van der Waals surface area contributed by atoms with E-state index in [2.05, 4.69) is 0 Å². The van der Waals surface area contributed by atoms with Gasteiger partial charge in [-0.3, -0.25) is 9.59 Å². The zero-order valence-electron chi connectivity index (χ0n) is 24.3. The predicted octanol–water partition coefficient (Wildman–Crippen LogP) is 1.57. The number of aliphatic hydroxyl groups is 5. The maximum Gasteiger partial charge on any atom is 0.311 e. The molecule has 14 atom stereocenters. The second-order valence-corrected chi connectivity index (χ2v) is 12.4. The van der Waals surface area contributed by atoms with Crippen LogP contribution in [-0.2, 0) is 23.8 Å². The molecular weight excluding hydrogens is 496 g/mol. The van der Waals surface area contributed by atoms with Gasteiger partial charge in [-0.05, 0) is 40.5 Å². The Kier molecular flexibility index (Phi) is 10.9. The number of carbonyl (C=O) groups excluding carboxylic acids is 2. The molecule has 0 amide bonds. The SMILES string of the molecule is CC[C@H]1OC(=O)[C@H](C)[C@@H](O[C@@H]2C[C@](C)(O)[C@@H](O)[C@H](C)O2)[C@H](C)[C@@H](O)[C@](C)(O)C[C@H](C)C(=O)[C@H](C)[C@@H](O)[C@H]1C. The highest BCUT2D eigenvalue weighted by Crippen LogP contribution is 2.37. The Morgan fingerprint density at radius 1 is 0.868 bits per heavy atom. The summed E-state index contributed by atoms with van der Waals surface area (Å²) in [6.45, 7) is 14.6. The van der Waals surface area contributed by atoms with E-state index in [1.54, 1.807) is 41.5 Å². The number of cyclic esters (lactones) is 1. The molecule has 38 heavy (non-hydrogen) atoms. The van der Waals surface area contributed by atoms with E-state index in [4.69, 9.17) is 14.2 Å². The van der Waals surface area contributed by atoms with Gasteiger partial charge in [-0.25, -0.2) is 0 Å². The smallest absolute Gasteiger partial charge is 0.311 e. The summed E-state index contributed by atoms with van der Waals surface area (Å²) >= 11 is 0. The number of rotatable bonds is 3. The minimum absolute atomic E-state index is 0.0661. The van der Waals surface area contributed by atoms with Crippen molar-refractivity contribution in [3.63, 3.8) is 0 Å².